The number of rotatable bonds is 0. The highest BCUT2D eigenvalue weighted by Gasteiger charge is 2.46. The van der Waals surface area contributed by atoms with E-state index in [4.69, 9.17) is 4.74 Å². The molecule has 2 atom stereocenters. The molecule has 1 aliphatic heterocycles. The van der Waals surface area contributed by atoms with Crippen molar-refractivity contribution in [2.45, 2.75) is 18.9 Å². The second kappa shape index (κ2) is 1.32. The van der Waals surface area contributed by atoms with Gasteiger partial charge in [-0.15, -0.1) is 0 Å². The molecule has 0 radical (unpaired) electrons. The average Bonchev–Trinajstić information content (AvgIpc) is 2.45. The van der Waals surface area contributed by atoms with E-state index in [0.717, 1.165) is 6.42 Å². The van der Waals surface area contributed by atoms with Crippen molar-refractivity contribution >= 4 is 5.78 Å². The van der Waals surface area contributed by atoms with Crippen LogP contribution in [0.5, 0.6) is 0 Å². The summed E-state index contributed by atoms with van der Waals surface area (Å²) in [6, 6.07) is 0. The lowest BCUT2D eigenvalue weighted by molar-refractivity contribution is -0.125. The van der Waals surface area contributed by atoms with Gasteiger partial charge in [0, 0.05) is 12.3 Å². The number of hydrogen-bond acceptors (Lipinski definition) is 2. The van der Waals surface area contributed by atoms with Crippen molar-refractivity contribution < 1.29 is 9.53 Å². The summed E-state index contributed by atoms with van der Waals surface area (Å²) in [5.74, 6) is 0.727. The first-order chi connectivity index (χ1) is 3.88. The Labute approximate surface area is 47.8 Å². The van der Waals surface area contributed by atoms with Crippen LogP contribution in [0, 0.1) is 5.92 Å². The minimum Gasteiger partial charge on any atom is -0.377 e. The Morgan fingerprint density at radius 1 is 1.62 bits per heavy atom. The van der Waals surface area contributed by atoms with Crippen LogP contribution in [-0.4, -0.2) is 18.5 Å². The molecule has 2 unspecified atom stereocenters. The highest BCUT2D eigenvalue weighted by molar-refractivity contribution is 5.85. The first-order valence-corrected chi connectivity index (χ1v) is 3.02. The summed E-state index contributed by atoms with van der Waals surface area (Å²) in [5.41, 5.74) is 0. The van der Waals surface area contributed by atoms with E-state index in [9.17, 15) is 4.79 Å². The molecule has 8 heavy (non-hydrogen) atoms. The van der Waals surface area contributed by atoms with E-state index in [1.165, 1.54) is 0 Å². The Morgan fingerprint density at radius 2 is 2.50 bits per heavy atom. The molecule has 2 aliphatic rings. The Morgan fingerprint density at radius 3 is 3.12 bits per heavy atom. The first-order valence-electron chi connectivity index (χ1n) is 3.02. The summed E-state index contributed by atoms with van der Waals surface area (Å²) < 4.78 is 5.20. The molecule has 0 aromatic carbocycles. The lowest BCUT2D eigenvalue weighted by atomic mass is 10.2. The van der Waals surface area contributed by atoms with Gasteiger partial charge in [-0.2, -0.15) is 0 Å². The van der Waals surface area contributed by atoms with Gasteiger partial charge in [0.05, 0.1) is 12.7 Å². The van der Waals surface area contributed by atoms with E-state index < -0.39 is 0 Å². The summed E-state index contributed by atoms with van der Waals surface area (Å²) >= 11 is 0. The molecule has 1 saturated heterocycles. The average molecular weight is 112 g/mol. The summed E-state index contributed by atoms with van der Waals surface area (Å²) in [4.78, 5) is 10.8. The second-order valence-electron chi connectivity index (χ2n) is 2.47. The lowest BCUT2D eigenvalue weighted by Crippen LogP contribution is -2.16. The van der Waals surface area contributed by atoms with Gasteiger partial charge in [-0.25, -0.2) is 0 Å². The predicted octanol–water partition coefficient (Wildman–Crippen LogP) is 0.364. The summed E-state index contributed by atoms with van der Waals surface area (Å²) in [6.07, 6.45) is 1.98. The van der Waals surface area contributed by atoms with Gasteiger partial charge in [0.1, 0.15) is 5.78 Å². The fraction of sp³-hybridized carbons (Fsp3) is 0.833. The number of carbonyl (C=O) groups is 1. The Bertz CT molecular complexity index is 130. The third-order valence-corrected chi connectivity index (χ3v) is 1.83. The van der Waals surface area contributed by atoms with Gasteiger partial charge < -0.3 is 4.74 Å². The quantitative estimate of drug-likeness (QED) is 0.452. The summed E-state index contributed by atoms with van der Waals surface area (Å²) in [5, 5.41) is 0. The van der Waals surface area contributed by atoms with E-state index in [1.807, 2.05) is 0 Å². The molecule has 2 fully saturated rings. The smallest absolute Gasteiger partial charge is 0.140 e. The fourth-order valence-corrected chi connectivity index (χ4v) is 1.19. The van der Waals surface area contributed by atoms with Gasteiger partial charge in [0.25, 0.3) is 0 Å². The monoisotopic (exact) mass is 112 g/mol. The van der Waals surface area contributed by atoms with Gasteiger partial charge in [-0.05, 0) is 6.42 Å². The molecule has 44 valence electrons. The van der Waals surface area contributed by atoms with Gasteiger partial charge in [0.15, 0.2) is 0 Å². The predicted molar refractivity (Wildman–Crippen MR) is 27.5 cm³/mol. The van der Waals surface area contributed by atoms with Crippen LogP contribution in [0.4, 0.5) is 0 Å². The largest absolute Gasteiger partial charge is 0.377 e. The molecule has 0 aromatic heterocycles. The highest BCUT2D eigenvalue weighted by atomic mass is 16.5. The zero-order chi connectivity index (χ0) is 5.56. The van der Waals surface area contributed by atoms with Crippen molar-refractivity contribution in [3.8, 4) is 0 Å². The van der Waals surface area contributed by atoms with Crippen molar-refractivity contribution in [2.24, 2.45) is 5.92 Å². The van der Waals surface area contributed by atoms with E-state index in [1.54, 1.807) is 0 Å². The molecule has 2 heteroatoms. The van der Waals surface area contributed by atoms with E-state index >= 15 is 0 Å². The standard InChI is InChI=1S/C6H8O2/c7-5-1-2-8-6-3-4(5)6/h4,6H,1-3H2. The molecule has 1 aliphatic carbocycles. The molecular formula is C6H8O2. The normalized spacial score (nSPS) is 43.8. The summed E-state index contributed by atoms with van der Waals surface area (Å²) in [6.45, 7) is 0.667. The maximum absolute atomic E-state index is 10.8. The van der Waals surface area contributed by atoms with E-state index in [0.29, 0.717) is 30.8 Å². The van der Waals surface area contributed by atoms with Crippen LogP contribution in [0.1, 0.15) is 12.8 Å². The van der Waals surface area contributed by atoms with Crippen molar-refractivity contribution in [1.82, 2.24) is 0 Å². The highest BCUT2D eigenvalue weighted by Crippen LogP contribution is 2.38. The van der Waals surface area contributed by atoms with Crippen LogP contribution in [0.15, 0.2) is 0 Å². The molecule has 2 nitrogen and oxygen atoms in total. The molecule has 0 aromatic rings. The second-order valence-corrected chi connectivity index (χ2v) is 2.47. The third kappa shape index (κ3) is 0.494. The molecule has 1 saturated carbocycles. The lowest BCUT2D eigenvalue weighted by Gasteiger charge is -2.06. The molecule has 1 heterocycles. The maximum atomic E-state index is 10.8. The number of hydrogen-bond donors (Lipinski definition) is 0. The SMILES string of the molecule is O=C1CCOC2CC12. The maximum Gasteiger partial charge on any atom is 0.140 e. The Hall–Kier alpha value is -0.370. The zero-order valence-corrected chi connectivity index (χ0v) is 4.59. The van der Waals surface area contributed by atoms with Gasteiger partial charge >= 0.3 is 0 Å². The van der Waals surface area contributed by atoms with Crippen LogP contribution in [0.2, 0.25) is 0 Å². The minimum atomic E-state index is 0.309. The zero-order valence-electron chi connectivity index (χ0n) is 4.59. The van der Waals surface area contributed by atoms with Crippen LogP contribution >= 0.6 is 0 Å². The summed E-state index contributed by atoms with van der Waals surface area (Å²) in [7, 11) is 0. The van der Waals surface area contributed by atoms with Crippen LogP contribution in [0.25, 0.3) is 0 Å². The van der Waals surface area contributed by atoms with Crippen molar-refractivity contribution in [2.75, 3.05) is 6.61 Å². The minimum absolute atomic E-state index is 0.309. The molecule has 0 N–H and O–H groups in total. The van der Waals surface area contributed by atoms with E-state index in [2.05, 4.69) is 0 Å². The molecular weight excluding hydrogens is 104 g/mol. The van der Waals surface area contributed by atoms with E-state index in [-0.39, 0.29) is 0 Å². The Kier molecular flexibility index (Phi) is 0.742. The number of fused-ring (bicyclic) bond motifs is 1. The van der Waals surface area contributed by atoms with Crippen molar-refractivity contribution in [1.29, 1.82) is 0 Å². The van der Waals surface area contributed by atoms with Gasteiger partial charge in [-0.3, -0.25) is 4.79 Å². The van der Waals surface area contributed by atoms with Crippen molar-refractivity contribution in [3.63, 3.8) is 0 Å². The Balaban J connectivity index is 2.08. The number of ether oxygens (including phenoxy) is 1. The fourth-order valence-electron chi connectivity index (χ4n) is 1.19. The number of ketones is 1. The van der Waals surface area contributed by atoms with Crippen molar-refractivity contribution in [3.05, 3.63) is 0 Å². The topological polar surface area (TPSA) is 26.3 Å². The molecule has 0 spiro atoms. The third-order valence-electron chi connectivity index (χ3n) is 1.83. The van der Waals surface area contributed by atoms with Crippen LogP contribution in [0.3, 0.4) is 0 Å². The molecule has 2 rings (SSSR count). The van der Waals surface area contributed by atoms with Crippen LogP contribution in [-0.2, 0) is 9.53 Å². The first kappa shape index (κ1) is 4.50. The van der Waals surface area contributed by atoms with Gasteiger partial charge in [0.2, 0.25) is 0 Å². The van der Waals surface area contributed by atoms with Gasteiger partial charge in [-0.1, -0.05) is 0 Å². The molecule has 0 bridgehead atoms. The number of Topliss-reactive ketones (excluding diaryl/α,β-unsaturated/α-hetero) is 1. The van der Waals surface area contributed by atoms with Crippen LogP contribution < -0.4 is 0 Å². The number of carbonyl (C=O) groups excluding carboxylic acids is 1. The molecule has 0 amide bonds.